The highest BCUT2D eigenvalue weighted by Crippen LogP contribution is 2.39. The third kappa shape index (κ3) is 2.17. The smallest absolute Gasteiger partial charge is 0.207 e. The van der Waals surface area contributed by atoms with Gasteiger partial charge >= 0.3 is 0 Å². The molecule has 1 saturated heterocycles. The molecule has 0 aromatic heterocycles. The second-order valence-corrected chi connectivity index (χ2v) is 7.07. The maximum Gasteiger partial charge on any atom is 0.243 e. The van der Waals surface area contributed by atoms with E-state index in [1.54, 1.807) is 0 Å². The maximum atomic E-state index is 13.2. The highest BCUT2D eigenvalue weighted by molar-refractivity contribution is 7.89. The highest BCUT2D eigenvalue weighted by Gasteiger charge is 2.41. The summed E-state index contributed by atoms with van der Waals surface area (Å²) in [7, 11) is -3.71. The lowest BCUT2D eigenvalue weighted by atomic mass is 10.0. The van der Waals surface area contributed by atoms with Gasteiger partial charge in [-0.25, -0.2) is 17.2 Å². The zero-order chi connectivity index (χ0) is 13.6. The van der Waals surface area contributed by atoms with Crippen LogP contribution in [0.1, 0.15) is 12.8 Å². The van der Waals surface area contributed by atoms with Gasteiger partial charge in [-0.2, -0.15) is 4.31 Å². The summed E-state index contributed by atoms with van der Waals surface area (Å²) in [5, 5.41) is 0. The van der Waals surface area contributed by atoms with Crippen LogP contribution >= 0.6 is 0 Å². The Balaban J connectivity index is 1.88. The average Bonchev–Trinajstić information content (AvgIpc) is 2.93. The second-order valence-electron chi connectivity index (χ2n) is 5.13. The first-order valence-corrected chi connectivity index (χ1v) is 7.71. The quantitative estimate of drug-likeness (QED) is 0.836. The molecular formula is C13H14F2NO2S. The molecule has 1 aliphatic heterocycles. The van der Waals surface area contributed by atoms with E-state index >= 15 is 0 Å². The van der Waals surface area contributed by atoms with Crippen LogP contribution in [-0.4, -0.2) is 25.8 Å². The Morgan fingerprint density at radius 1 is 1.16 bits per heavy atom. The largest absolute Gasteiger partial charge is 0.243 e. The van der Waals surface area contributed by atoms with E-state index in [-0.39, 0.29) is 4.90 Å². The molecule has 1 heterocycles. The van der Waals surface area contributed by atoms with Crippen molar-refractivity contribution < 1.29 is 17.2 Å². The van der Waals surface area contributed by atoms with Crippen molar-refractivity contribution >= 4 is 10.0 Å². The van der Waals surface area contributed by atoms with E-state index in [2.05, 4.69) is 6.42 Å². The Bertz CT molecular complexity index is 591. The molecule has 6 heteroatoms. The molecule has 0 bridgehead atoms. The van der Waals surface area contributed by atoms with Crippen LogP contribution in [0.25, 0.3) is 0 Å². The molecule has 19 heavy (non-hydrogen) atoms. The highest BCUT2D eigenvalue weighted by atomic mass is 32.2. The molecule has 2 atom stereocenters. The minimum atomic E-state index is -3.71. The number of benzene rings is 1. The minimum Gasteiger partial charge on any atom is -0.207 e. The molecule has 0 unspecified atom stereocenters. The fourth-order valence-corrected chi connectivity index (χ4v) is 4.48. The lowest BCUT2D eigenvalue weighted by molar-refractivity contribution is 0.448. The van der Waals surface area contributed by atoms with Crippen molar-refractivity contribution in [1.29, 1.82) is 0 Å². The molecule has 1 aromatic carbocycles. The fourth-order valence-electron chi connectivity index (χ4n) is 2.94. The molecular weight excluding hydrogens is 272 g/mol. The van der Waals surface area contributed by atoms with Crippen LogP contribution in [0.5, 0.6) is 0 Å². The summed E-state index contributed by atoms with van der Waals surface area (Å²) in [4.78, 5) is -0.175. The Morgan fingerprint density at radius 3 is 2.63 bits per heavy atom. The summed E-state index contributed by atoms with van der Waals surface area (Å²) in [6, 6.07) is 2.72. The number of hydrogen-bond donors (Lipinski definition) is 0. The van der Waals surface area contributed by atoms with E-state index in [1.807, 2.05) is 0 Å². The minimum absolute atomic E-state index is 0.175. The third-order valence-corrected chi connectivity index (χ3v) is 5.82. The standard InChI is InChI=1S/C13H14F2NO2S/c14-12-5-4-11(6-13(12)15)19(17,18)16-7-9-2-1-3-10(9)8-16/h2,4-6,9-10H,1,3,7-8H2/t9-,10+/m1/s1. The van der Waals surface area contributed by atoms with Crippen molar-refractivity contribution in [2.24, 2.45) is 11.8 Å². The summed E-state index contributed by atoms with van der Waals surface area (Å²) in [6.07, 6.45) is 4.20. The fraction of sp³-hybridized carbons (Fsp3) is 0.462. The Labute approximate surface area is 111 Å². The van der Waals surface area contributed by atoms with Gasteiger partial charge in [0.25, 0.3) is 0 Å². The van der Waals surface area contributed by atoms with Crippen molar-refractivity contribution in [3.05, 3.63) is 36.3 Å². The number of sulfonamides is 1. The second kappa shape index (κ2) is 4.52. The van der Waals surface area contributed by atoms with Crippen LogP contribution in [0.3, 0.4) is 0 Å². The van der Waals surface area contributed by atoms with Gasteiger partial charge in [0.1, 0.15) is 0 Å². The van der Waals surface area contributed by atoms with Gasteiger partial charge in [0.05, 0.1) is 4.90 Å². The summed E-state index contributed by atoms with van der Waals surface area (Å²) in [5.74, 6) is -1.49. The van der Waals surface area contributed by atoms with E-state index in [0.717, 1.165) is 31.0 Å². The Morgan fingerprint density at radius 2 is 1.95 bits per heavy atom. The number of rotatable bonds is 2. The van der Waals surface area contributed by atoms with Gasteiger partial charge in [-0.05, 0) is 49.3 Å². The molecule has 0 spiro atoms. The van der Waals surface area contributed by atoms with Gasteiger partial charge in [0, 0.05) is 13.1 Å². The lowest BCUT2D eigenvalue weighted by Crippen LogP contribution is -2.29. The van der Waals surface area contributed by atoms with Crippen LogP contribution in [0.15, 0.2) is 23.1 Å². The third-order valence-electron chi connectivity index (χ3n) is 3.99. The number of hydrogen-bond acceptors (Lipinski definition) is 2. The topological polar surface area (TPSA) is 37.4 Å². The first-order valence-electron chi connectivity index (χ1n) is 6.27. The summed E-state index contributed by atoms with van der Waals surface area (Å²) in [6.45, 7) is 0.925. The van der Waals surface area contributed by atoms with Crippen LogP contribution in [0.4, 0.5) is 8.78 Å². The normalized spacial score (nSPS) is 27.7. The maximum absolute atomic E-state index is 13.2. The van der Waals surface area contributed by atoms with Crippen LogP contribution < -0.4 is 0 Å². The molecule has 2 fully saturated rings. The first kappa shape index (κ1) is 13.0. The lowest BCUT2D eigenvalue weighted by Gasteiger charge is -2.17. The van der Waals surface area contributed by atoms with Gasteiger partial charge in [0.2, 0.25) is 10.0 Å². The molecule has 2 aliphatic rings. The van der Waals surface area contributed by atoms with E-state index < -0.39 is 21.7 Å². The molecule has 0 N–H and O–H groups in total. The van der Waals surface area contributed by atoms with E-state index in [4.69, 9.17) is 0 Å². The van der Waals surface area contributed by atoms with Gasteiger partial charge < -0.3 is 0 Å². The van der Waals surface area contributed by atoms with Crippen LogP contribution in [0, 0.1) is 29.9 Å². The van der Waals surface area contributed by atoms with E-state index in [0.29, 0.717) is 24.9 Å². The van der Waals surface area contributed by atoms with Gasteiger partial charge in [-0.15, -0.1) is 0 Å². The SMILES string of the molecule is O=S(=O)(c1ccc(F)c(F)c1)N1C[C@@H]2CC[CH][C@@H]2C1. The molecule has 1 saturated carbocycles. The van der Waals surface area contributed by atoms with Crippen molar-refractivity contribution in [1.82, 2.24) is 4.31 Å². The predicted molar refractivity (Wildman–Crippen MR) is 65.6 cm³/mol. The summed E-state index contributed by atoms with van der Waals surface area (Å²) in [5.41, 5.74) is 0. The molecule has 3 rings (SSSR count). The molecule has 1 aliphatic carbocycles. The van der Waals surface area contributed by atoms with Gasteiger partial charge in [-0.1, -0.05) is 0 Å². The molecule has 103 valence electrons. The average molecular weight is 286 g/mol. The van der Waals surface area contributed by atoms with Crippen molar-refractivity contribution in [3.63, 3.8) is 0 Å². The number of halogens is 2. The monoisotopic (exact) mass is 286 g/mol. The van der Waals surface area contributed by atoms with Gasteiger partial charge in [-0.3, -0.25) is 0 Å². The van der Waals surface area contributed by atoms with E-state index in [9.17, 15) is 17.2 Å². The van der Waals surface area contributed by atoms with Crippen LogP contribution in [-0.2, 0) is 10.0 Å². The van der Waals surface area contributed by atoms with Crippen molar-refractivity contribution in [2.45, 2.75) is 17.7 Å². The zero-order valence-corrected chi connectivity index (χ0v) is 11.0. The van der Waals surface area contributed by atoms with E-state index in [1.165, 1.54) is 4.31 Å². The number of nitrogens with zero attached hydrogens (tertiary/aromatic N) is 1. The molecule has 0 amide bonds. The summed E-state index contributed by atoms with van der Waals surface area (Å²) >= 11 is 0. The zero-order valence-electron chi connectivity index (χ0n) is 10.2. The van der Waals surface area contributed by atoms with Crippen molar-refractivity contribution in [2.75, 3.05) is 13.1 Å². The molecule has 1 radical (unpaired) electrons. The molecule has 3 nitrogen and oxygen atoms in total. The Hall–Kier alpha value is -1.01. The first-order chi connectivity index (χ1) is 8.98. The van der Waals surface area contributed by atoms with Gasteiger partial charge in [0.15, 0.2) is 11.6 Å². The Kier molecular flexibility index (Phi) is 3.09. The molecule has 1 aromatic rings. The van der Waals surface area contributed by atoms with Crippen LogP contribution in [0.2, 0.25) is 0 Å². The van der Waals surface area contributed by atoms with Crippen molar-refractivity contribution in [3.8, 4) is 0 Å². The number of fused-ring (bicyclic) bond motifs is 1. The predicted octanol–water partition coefficient (Wildman–Crippen LogP) is 2.20. The summed E-state index contributed by atoms with van der Waals surface area (Å²) < 4.78 is 52.1.